The van der Waals surface area contributed by atoms with E-state index in [9.17, 15) is 4.79 Å². The first-order valence-electron chi connectivity index (χ1n) is 3.08. The molecular weight excluding hydrogens is 141 g/mol. The summed E-state index contributed by atoms with van der Waals surface area (Å²) in [6.45, 7) is 3.76. The second-order valence-corrected chi connectivity index (χ2v) is 2.25. The van der Waals surface area contributed by atoms with Gasteiger partial charge in [-0.05, 0) is 5.92 Å². The number of hydrogen-bond donors (Lipinski definition) is 2. The van der Waals surface area contributed by atoms with Crippen molar-refractivity contribution in [2.75, 3.05) is 0 Å². The molecule has 0 saturated carbocycles. The standard InChI is InChI=1S/C6H13NO2.Na.H/c1-3-4(2)5(7)6(8)9;;/h4-5H,3,7H2,1-2H3,(H,8,9);;. The number of rotatable bonds is 3. The molecule has 3 N–H and O–H groups in total. The summed E-state index contributed by atoms with van der Waals surface area (Å²) in [5, 5.41) is 8.36. The Morgan fingerprint density at radius 3 is 2.20 bits per heavy atom. The molecule has 10 heavy (non-hydrogen) atoms. The van der Waals surface area contributed by atoms with E-state index in [2.05, 4.69) is 0 Å². The zero-order valence-electron chi connectivity index (χ0n) is 5.79. The predicted octanol–water partition coefficient (Wildman–Crippen LogP) is -0.204. The second kappa shape index (κ2) is 6.16. The number of carboxylic acids is 1. The summed E-state index contributed by atoms with van der Waals surface area (Å²) >= 11 is 0. The summed E-state index contributed by atoms with van der Waals surface area (Å²) in [5.74, 6) is -0.841. The number of carboxylic acid groups (broad SMARTS) is 1. The molecule has 0 spiro atoms. The summed E-state index contributed by atoms with van der Waals surface area (Å²) in [6, 6.07) is -0.699. The molecule has 0 aromatic carbocycles. The van der Waals surface area contributed by atoms with Crippen molar-refractivity contribution < 1.29 is 9.90 Å². The van der Waals surface area contributed by atoms with E-state index in [-0.39, 0.29) is 35.5 Å². The van der Waals surface area contributed by atoms with Crippen LogP contribution in [0.3, 0.4) is 0 Å². The van der Waals surface area contributed by atoms with Crippen LogP contribution in [0.2, 0.25) is 0 Å². The molecule has 0 aliphatic heterocycles. The van der Waals surface area contributed by atoms with E-state index in [1.807, 2.05) is 13.8 Å². The molecular formula is C6H14NNaO2. The van der Waals surface area contributed by atoms with Crippen molar-refractivity contribution in [3.63, 3.8) is 0 Å². The van der Waals surface area contributed by atoms with Gasteiger partial charge in [0, 0.05) is 0 Å². The first-order chi connectivity index (χ1) is 4.09. The molecule has 0 aromatic heterocycles. The van der Waals surface area contributed by atoms with Crippen molar-refractivity contribution in [3.05, 3.63) is 0 Å². The third kappa shape index (κ3) is 4.28. The third-order valence-electron chi connectivity index (χ3n) is 1.54. The molecule has 3 nitrogen and oxygen atoms in total. The molecule has 0 bridgehead atoms. The van der Waals surface area contributed by atoms with Crippen LogP contribution in [0.15, 0.2) is 0 Å². The van der Waals surface area contributed by atoms with Crippen LogP contribution in [0.1, 0.15) is 20.3 Å². The van der Waals surface area contributed by atoms with Crippen LogP contribution in [0.5, 0.6) is 0 Å². The molecule has 0 saturated heterocycles. The van der Waals surface area contributed by atoms with Crippen LogP contribution in [0.4, 0.5) is 0 Å². The van der Waals surface area contributed by atoms with Gasteiger partial charge in [0.1, 0.15) is 6.04 Å². The number of nitrogens with two attached hydrogens (primary N) is 1. The van der Waals surface area contributed by atoms with Crippen LogP contribution < -0.4 is 5.73 Å². The molecule has 2 unspecified atom stereocenters. The Kier molecular flexibility index (Phi) is 8.04. The quantitative estimate of drug-likeness (QED) is 0.554. The predicted molar refractivity (Wildman–Crippen MR) is 42.2 cm³/mol. The van der Waals surface area contributed by atoms with Crippen LogP contribution in [-0.2, 0) is 4.79 Å². The molecule has 0 aliphatic carbocycles. The van der Waals surface area contributed by atoms with Gasteiger partial charge in [-0.3, -0.25) is 4.79 Å². The summed E-state index contributed by atoms with van der Waals surface area (Å²) < 4.78 is 0. The van der Waals surface area contributed by atoms with Crippen molar-refractivity contribution in [1.29, 1.82) is 0 Å². The van der Waals surface area contributed by atoms with Crippen molar-refractivity contribution in [1.82, 2.24) is 0 Å². The van der Waals surface area contributed by atoms with E-state index in [4.69, 9.17) is 10.8 Å². The van der Waals surface area contributed by atoms with Crippen LogP contribution in [0, 0.1) is 5.92 Å². The maximum atomic E-state index is 10.2. The maximum absolute atomic E-state index is 10.2. The number of aliphatic carboxylic acids is 1. The van der Waals surface area contributed by atoms with E-state index in [1.165, 1.54) is 0 Å². The van der Waals surface area contributed by atoms with Crippen LogP contribution >= 0.6 is 0 Å². The minimum atomic E-state index is -0.913. The molecule has 0 radical (unpaired) electrons. The Hall–Kier alpha value is 0.430. The van der Waals surface area contributed by atoms with E-state index >= 15 is 0 Å². The fourth-order valence-electron chi connectivity index (χ4n) is 0.497. The van der Waals surface area contributed by atoms with Gasteiger partial charge in [-0.25, -0.2) is 0 Å². The van der Waals surface area contributed by atoms with Crippen molar-refractivity contribution in [3.8, 4) is 0 Å². The fraction of sp³-hybridized carbons (Fsp3) is 0.833. The van der Waals surface area contributed by atoms with Gasteiger partial charge < -0.3 is 10.8 Å². The van der Waals surface area contributed by atoms with Crippen molar-refractivity contribution >= 4 is 35.5 Å². The van der Waals surface area contributed by atoms with Gasteiger partial charge in [-0.15, -0.1) is 0 Å². The van der Waals surface area contributed by atoms with E-state index in [0.29, 0.717) is 0 Å². The Morgan fingerprint density at radius 2 is 2.10 bits per heavy atom. The molecule has 0 heterocycles. The molecule has 0 amide bonds. The summed E-state index contributed by atoms with van der Waals surface area (Å²) in [5.41, 5.74) is 5.27. The molecule has 4 heteroatoms. The minimum absolute atomic E-state index is 0. The summed E-state index contributed by atoms with van der Waals surface area (Å²) in [7, 11) is 0. The van der Waals surface area contributed by atoms with Gasteiger partial charge in [0.15, 0.2) is 0 Å². The SMILES string of the molecule is CCC(C)C(N)C(=O)O.[NaH]. The average Bonchev–Trinajstić information content (AvgIpc) is 1.84. The van der Waals surface area contributed by atoms with E-state index < -0.39 is 12.0 Å². The van der Waals surface area contributed by atoms with Gasteiger partial charge in [0.2, 0.25) is 0 Å². The summed E-state index contributed by atoms with van der Waals surface area (Å²) in [4.78, 5) is 10.2. The average molecular weight is 155 g/mol. The number of carbonyl (C=O) groups is 1. The number of hydrogen-bond acceptors (Lipinski definition) is 2. The Balaban J connectivity index is 0. The molecule has 2 atom stereocenters. The third-order valence-corrected chi connectivity index (χ3v) is 1.54. The molecule has 0 aliphatic rings. The second-order valence-electron chi connectivity index (χ2n) is 2.25. The van der Waals surface area contributed by atoms with Crippen LogP contribution in [0.25, 0.3) is 0 Å². The molecule has 0 aromatic rings. The zero-order valence-corrected chi connectivity index (χ0v) is 5.79. The van der Waals surface area contributed by atoms with Crippen molar-refractivity contribution in [2.24, 2.45) is 11.7 Å². The van der Waals surface area contributed by atoms with Crippen molar-refractivity contribution in [2.45, 2.75) is 26.3 Å². The Bertz CT molecular complexity index is 108. The fourth-order valence-corrected chi connectivity index (χ4v) is 0.497. The van der Waals surface area contributed by atoms with Crippen LogP contribution in [-0.4, -0.2) is 46.7 Å². The monoisotopic (exact) mass is 155 g/mol. The van der Waals surface area contributed by atoms with Gasteiger partial charge in [-0.1, -0.05) is 20.3 Å². The molecule has 0 rings (SSSR count). The van der Waals surface area contributed by atoms with Gasteiger partial charge in [0.05, 0.1) is 0 Å². The molecule has 56 valence electrons. The Morgan fingerprint density at radius 1 is 1.70 bits per heavy atom. The van der Waals surface area contributed by atoms with E-state index in [1.54, 1.807) is 0 Å². The van der Waals surface area contributed by atoms with Gasteiger partial charge in [-0.2, -0.15) is 0 Å². The first kappa shape index (κ1) is 13.1. The van der Waals surface area contributed by atoms with Gasteiger partial charge >= 0.3 is 35.5 Å². The summed E-state index contributed by atoms with van der Waals surface area (Å²) in [6.07, 6.45) is 0.813. The molecule has 0 fully saturated rings. The first-order valence-corrected chi connectivity index (χ1v) is 3.08. The Labute approximate surface area is 83.3 Å². The van der Waals surface area contributed by atoms with E-state index in [0.717, 1.165) is 6.42 Å². The van der Waals surface area contributed by atoms with Gasteiger partial charge in [0.25, 0.3) is 0 Å². The zero-order chi connectivity index (χ0) is 7.44. The topological polar surface area (TPSA) is 63.3 Å². The normalized spacial score (nSPS) is 15.1.